The third-order valence-electron chi connectivity index (χ3n) is 1.62. The summed E-state index contributed by atoms with van der Waals surface area (Å²) in [4.78, 5) is 0. The minimum Gasteiger partial charge on any atom is -0.366 e. The van der Waals surface area contributed by atoms with Gasteiger partial charge in [-0.1, -0.05) is 11.6 Å². The Balaban J connectivity index is 2.47. The number of alkyl halides is 3. The van der Waals surface area contributed by atoms with Crippen molar-refractivity contribution in [3.8, 4) is 0 Å². The van der Waals surface area contributed by atoms with Crippen molar-refractivity contribution >= 4 is 11.6 Å². The molecule has 3 nitrogen and oxygen atoms in total. The summed E-state index contributed by atoms with van der Waals surface area (Å²) in [5.74, 6) is 0. The van der Waals surface area contributed by atoms with Crippen LogP contribution in [0.15, 0.2) is 6.20 Å². The van der Waals surface area contributed by atoms with Crippen LogP contribution < -0.4 is 0 Å². The van der Waals surface area contributed by atoms with E-state index in [1.54, 1.807) is 6.20 Å². The number of hydrogen-bond donors (Lipinski definition) is 0. The van der Waals surface area contributed by atoms with Crippen molar-refractivity contribution in [3.05, 3.63) is 16.9 Å². The number of hydrogen-bond acceptors (Lipinski definition) is 2. The molecule has 0 fully saturated rings. The van der Waals surface area contributed by atoms with Gasteiger partial charge in [0.05, 0.1) is 11.6 Å². The average Bonchev–Trinajstić information content (AvgIpc) is 2.45. The normalized spacial score (nSPS) is 12.1. The molecule has 0 aliphatic rings. The van der Waals surface area contributed by atoms with Crippen LogP contribution in [0.5, 0.6) is 0 Å². The Hall–Kier alpha value is -0.750. The topological polar surface area (TPSA) is 27.1 Å². The molecule has 0 bridgehead atoms. The van der Waals surface area contributed by atoms with Crippen molar-refractivity contribution in [1.29, 1.82) is 0 Å². The molecule has 0 radical (unpaired) electrons. The van der Waals surface area contributed by atoms with Crippen molar-refractivity contribution in [2.75, 3.05) is 6.61 Å². The molecule has 86 valence electrons. The van der Waals surface area contributed by atoms with E-state index in [1.165, 1.54) is 4.68 Å². The van der Waals surface area contributed by atoms with Gasteiger partial charge in [-0.2, -0.15) is 18.3 Å². The molecule has 0 aromatic carbocycles. The third-order valence-corrected chi connectivity index (χ3v) is 1.93. The predicted molar refractivity (Wildman–Crippen MR) is 48.6 cm³/mol. The van der Waals surface area contributed by atoms with Crippen LogP contribution in [0.4, 0.5) is 13.2 Å². The van der Waals surface area contributed by atoms with Crippen molar-refractivity contribution < 1.29 is 17.9 Å². The molecule has 0 unspecified atom stereocenters. The molecule has 0 amide bonds. The SMILES string of the molecule is CCn1cc(Cl)c(COCC(F)(F)F)n1. The zero-order valence-electron chi connectivity index (χ0n) is 8.01. The average molecular weight is 243 g/mol. The highest BCUT2D eigenvalue weighted by Crippen LogP contribution is 2.18. The molecule has 7 heteroatoms. The van der Waals surface area contributed by atoms with Crippen LogP contribution in [0.2, 0.25) is 5.02 Å². The van der Waals surface area contributed by atoms with Crippen LogP contribution in [0.1, 0.15) is 12.6 Å². The van der Waals surface area contributed by atoms with E-state index >= 15 is 0 Å². The van der Waals surface area contributed by atoms with Gasteiger partial charge >= 0.3 is 6.18 Å². The maximum Gasteiger partial charge on any atom is 0.411 e. The molecular formula is C8H10ClF3N2O. The van der Waals surface area contributed by atoms with Crippen LogP contribution in [-0.4, -0.2) is 22.6 Å². The van der Waals surface area contributed by atoms with Crippen LogP contribution in [0, 0.1) is 0 Å². The molecule has 0 N–H and O–H groups in total. The van der Waals surface area contributed by atoms with Crippen LogP contribution >= 0.6 is 11.6 Å². The lowest BCUT2D eigenvalue weighted by atomic mass is 10.4. The Morgan fingerprint density at radius 2 is 2.20 bits per heavy atom. The van der Waals surface area contributed by atoms with Gasteiger partial charge in [-0.15, -0.1) is 0 Å². The minimum atomic E-state index is -4.32. The maximum absolute atomic E-state index is 11.7. The second-order valence-corrected chi connectivity index (χ2v) is 3.29. The van der Waals surface area contributed by atoms with Gasteiger partial charge in [0.25, 0.3) is 0 Å². The zero-order chi connectivity index (χ0) is 11.5. The predicted octanol–water partition coefficient (Wildman–Crippen LogP) is 2.64. The number of rotatable bonds is 4. The Labute approximate surface area is 89.8 Å². The fraction of sp³-hybridized carbons (Fsp3) is 0.625. The lowest BCUT2D eigenvalue weighted by Crippen LogP contribution is -2.16. The van der Waals surface area contributed by atoms with Gasteiger partial charge in [0.15, 0.2) is 0 Å². The first-order chi connectivity index (χ1) is 6.92. The molecule has 0 aliphatic carbocycles. The van der Waals surface area contributed by atoms with E-state index in [1.807, 2.05) is 6.92 Å². The van der Waals surface area contributed by atoms with E-state index in [0.29, 0.717) is 17.3 Å². The number of halogens is 4. The zero-order valence-corrected chi connectivity index (χ0v) is 8.77. The van der Waals surface area contributed by atoms with E-state index in [9.17, 15) is 13.2 Å². The molecule has 0 saturated carbocycles. The van der Waals surface area contributed by atoms with Crippen molar-refractivity contribution in [3.63, 3.8) is 0 Å². The van der Waals surface area contributed by atoms with Crippen molar-refractivity contribution in [2.45, 2.75) is 26.3 Å². The van der Waals surface area contributed by atoms with E-state index < -0.39 is 12.8 Å². The summed E-state index contributed by atoms with van der Waals surface area (Å²) in [5.41, 5.74) is 0.322. The maximum atomic E-state index is 11.7. The highest BCUT2D eigenvalue weighted by Gasteiger charge is 2.27. The summed E-state index contributed by atoms with van der Waals surface area (Å²) in [6.45, 7) is 0.941. The number of nitrogens with zero attached hydrogens (tertiary/aromatic N) is 2. The van der Waals surface area contributed by atoms with Crippen LogP contribution in [0.25, 0.3) is 0 Å². The molecule has 0 saturated heterocycles. The Bertz CT molecular complexity index is 324. The number of aromatic nitrogens is 2. The van der Waals surface area contributed by atoms with E-state index in [-0.39, 0.29) is 6.61 Å². The number of aryl methyl sites for hydroxylation is 1. The highest BCUT2D eigenvalue weighted by atomic mass is 35.5. The lowest BCUT2D eigenvalue weighted by molar-refractivity contribution is -0.176. The van der Waals surface area contributed by atoms with Crippen molar-refractivity contribution in [1.82, 2.24) is 9.78 Å². The summed E-state index contributed by atoms with van der Waals surface area (Å²) >= 11 is 5.73. The summed E-state index contributed by atoms with van der Waals surface area (Å²) in [6, 6.07) is 0. The fourth-order valence-corrected chi connectivity index (χ4v) is 1.17. The molecule has 1 heterocycles. The molecule has 1 rings (SSSR count). The fourth-order valence-electron chi connectivity index (χ4n) is 0.960. The van der Waals surface area contributed by atoms with Gasteiger partial charge in [-0.3, -0.25) is 4.68 Å². The smallest absolute Gasteiger partial charge is 0.366 e. The van der Waals surface area contributed by atoms with Crippen molar-refractivity contribution in [2.24, 2.45) is 0 Å². The Kier molecular flexibility index (Phi) is 3.98. The van der Waals surface area contributed by atoms with Gasteiger partial charge in [0, 0.05) is 12.7 Å². The first-order valence-corrected chi connectivity index (χ1v) is 4.66. The molecule has 1 aromatic rings. The van der Waals surface area contributed by atoms with E-state index in [2.05, 4.69) is 9.84 Å². The minimum absolute atomic E-state index is 0.231. The Morgan fingerprint density at radius 3 is 2.67 bits per heavy atom. The van der Waals surface area contributed by atoms with Gasteiger partial charge in [-0.25, -0.2) is 0 Å². The van der Waals surface area contributed by atoms with Gasteiger partial charge < -0.3 is 4.74 Å². The van der Waals surface area contributed by atoms with Gasteiger partial charge in [0.2, 0.25) is 0 Å². The molecular weight excluding hydrogens is 233 g/mol. The van der Waals surface area contributed by atoms with Crippen LogP contribution in [-0.2, 0) is 17.9 Å². The summed E-state index contributed by atoms with van der Waals surface area (Å²) < 4.78 is 41.2. The highest BCUT2D eigenvalue weighted by molar-refractivity contribution is 6.31. The largest absolute Gasteiger partial charge is 0.411 e. The number of ether oxygens (including phenoxy) is 1. The van der Waals surface area contributed by atoms with E-state index in [0.717, 1.165) is 0 Å². The van der Waals surface area contributed by atoms with Gasteiger partial charge in [0.1, 0.15) is 12.3 Å². The molecule has 1 aromatic heterocycles. The third kappa shape index (κ3) is 4.09. The second kappa shape index (κ2) is 4.85. The van der Waals surface area contributed by atoms with E-state index in [4.69, 9.17) is 11.6 Å². The molecule has 0 aliphatic heterocycles. The Morgan fingerprint density at radius 1 is 1.53 bits per heavy atom. The molecule has 15 heavy (non-hydrogen) atoms. The summed E-state index contributed by atoms with van der Waals surface area (Å²) in [5, 5.41) is 4.26. The second-order valence-electron chi connectivity index (χ2n) is 2.89. The molecule has 0 atom stereocenters. The lowest BCUT2D eigenvalue weighted by Gasteiger charge is -2.05. The first-order valence-electron chi connectivity index (χ1n) is 4.28. The van der Waals surface area contributed by atoms with Gasteiger partial charge in [-0.05, 0) is 6.92 Å². The quantitative estimate of drug-likeness (QED) is 0.812. The standard InChI is InChI=1S/C8H10ClF3N2O/c1-2-14-3-6(9)7(13-14)4-15-5-8(10,11)12/h3H,2,4-5H2,1H3. The monoisotopic (exact) mass is 242 g/mol. The summed E-state index contributed by atoms with van der Waals surface area (Å²) in [6.07, 6.45) is -2.77. The molecule has 0 spiro atoms. The summed E-state index contributed by atoms with van der Waals surface area (Å²) in [7, 11) is 0. The first kappa shape index (κ1) is 12.3. The van der Waals surface area contributed by atoms with Crippen LogP contribution in [0.3, 0.4) is 0 Å².